The highest BCUT2D eigenvalue weighted by molar-refractivity contribution is 6.30. The second kappa shape index (κ2) is 8.62. The van der Waals surface area contributed by atoms with Gasteiger partial charge in [-0.25, -0.2) is 4.99 Å². The Hall–Kier alpha value is -1.95. The van der Waals surface area contributed by atoms with E-state index >= 15 is 0 Å². The van der Waals surface area contributed by atoms with Gasteiger partial charge in [-0.1, -0.05) is 11.6 Å². The minimum Gasteiger partial charge on any atom is -0.492 e. The lowest BCUT2D eigenvalue weighted by atomic mass is 9.79. The fraction of sp³-hybridized carbons (Fsp3) is 0.579. The Kier molecular flexibility index (Phi) is 6.25. The number of guanidine groups is 1. The number of carbonyl (C=O) groups excluding carboxylic acids is 1. The van der Waals surface area contributed by atoms with Gasteiger partial charge in [-0.2, -0.15) is 0 Å². The summed E-state index contributed by atoms with van der Waals surface area (Å²) in [6.45, 7) is 6.59. The van der Waals surface area contributed by atoms with Gasteiger partial charge in [0.1, 0.15) is 12.4 Å². The summed E-state index contributed by atoms with van der Waals surface area (Å²) in [5.74, 6) is 1.87. The molecule has 0 aliphatic carbocycles. The lowest BCUT2D eigenvalue weighted by Gasteiger charge is -2.40. The summed E-state index contributed by atoms with van der Waals surface area (Å²) in [5, 5.41) is 7.06. The molecule has 6 nitrogen and oxygen atoms in total. The number of nitrogens with one attached hydrogen (secondary N) is 2. The van der Waals surface area contributed by atoms with Crippen LogP contribution in [0.25, 0.3) is 0 Å². The van der Waals surface area contributed by atoms with Crippen LogP contribution in [0.3, 0.4) is 0 Å². The van der Waals surface area contributed by atoms with E-state index in [4.69, 9.17) is 21.3 Å². The number of piperidine rings is 1. The summed E-state index contributed by atoms with van der Waals surface area (Å²) >= 11 is 5.88. The van der Waals surface area contributed by atoms with E-state index < -0.39 is 0 Å². The van der Waals surface area contributed by atoms with Crippen LogP contribution < -0.4 is 15.4 Å². The first-order chi connectivity index (χ1) is 12.6. The van der Waals surface area contributed by atoms with Gasteiger partial charge >= 0.3 is 0 Å². The van der Waals surface area contributed by atoms with Gasteiger partial charge in [0.2, 0.25) is 5.91 Å². The molecule has 2 saturated heterocycles. The largest absolute Gasteiger partial charge is 0.492 e. The molecule has 1 unspecified atom stereocenters. The number of aliphatic imine (C=N–C) groups is 1. The van der Waals surface area contributed by atoms with Crippen LogP contribution in [0.5, 0.6) is 5.75 Å². The van der Waals surface area contributed by atoms with Crippen molar-refractivity contribution in [3.05, 3.63) is 29.3 Å². The molecule has 142 valence electrons. The number of halogens is 1. The number of carbonyl (C=O) groups is 1. The van der Waals surface area contributed by atoms with E-state index in [0.29, 0.717) is 24.6 Å². The fourth-order valence-electron chi connectivity index (χ4n) is 3.70. The molecule has 2 aliphatic heterocycles. The van der Waals surface area contributed by atoms with Crippen molar-refractivity contribution < 1.29 is 9.53 Å². The maximum absolute atomic E-state index is 11.7. The first-order valence-corrected chi connectivity index (χ1v) is 9.66. The Morgan fingerprint density at radius 2 is 2.23 bits per heavy atom. The van der Waals surface area contributed by atoms with Crippen LogP contribution in [0.15, 0.2) is 29.3 Å². The van der Waals surface area contributed by atoms with E-state index in [0.717, 1.165) is 50.7 Å². The zero-order valence-electron chi connectivity index (χ0n) is 15.3. The average Bonchev–Trinajstić information content (AvgIpc) is 2.99. The van der Waals surface area contributed by atoms with Crippen LogP contribution in [-0.2, 0) is 4.79 Å². The van der Waals surface area contributed by atoms with Crippen molar-refractivity contribution in [3.8, 4) is 5.75 Å². The summed E-state index contributed by atoms with van der Waals surface area (Å²) in [7, 11) is 0. The molecule has 0 bridgehead atoms. The van der Waals surface area contributed by atoms with Crippen molar-refractivity contribution in [2.45, 2.75) is 26.2 Å². The standard InChI is InChI=1S/C19H27ClN4O2/c1-2-21-18(22-9-11-26-16-6-4-15(20)5-7-16)24-10-3-8-19(14-24)12-17(25)23-13-19/h4-7H,2-3,8-14H2,1H3,(H,21,22)(H,23,25). The fourth-order valence-corrected chi connectivity index (χ4v) is 3.83. The third kappa shape index (κ3) is 4.81. The normalized spacial score (nSPS) is 23.2. The number of ether oxygens (including phenoxy) is 1. The van der Waals surface area contributed by atoms with Crippen LogP contribution in [0.2, 0.25) is 5.02 Å². The number of likely N-dealkylation sites (tertiary alicyclic amines) is 1. The zero-order valence-corrected chi connectivity index (χ0v) is 16.0. The molecular weight excluding hydrogens is 352 g/mol. The van der Waals surface area contributed by atoms with Crippen LogP contribution in [-0.4, -0.2) is 56.1 Å². The predicted molar refractivity (Wildman–Crippen MR) is 104 cm³/mol. The maximum Gasteiger partial charge on any atom is 0.220 e. The Morgan fingerprint density at radius 3 is 2.92 bits per heavy atom. The van der Waals surface area contributed by atoms with Gasteiger partial charge in [0.05, 0.1) is 6.54 Å². The van der Waals surface area contributed by atoms with Crippen molar-refractivity contribution in [2.24, 2.45) is 10.4 Å². The minimum absolute atomic E-state index is 0.0608. The molecule has 3 rings (SSSR count). The first-order valence-electron chi connectivity index (χ1n) is 9.29. The Bertz CT molecular complexity index is 649. The second-order valence-electron chi connectivity index (χ2n) is 7.02. The smallest absolute Gasteiger partial charge is 0.220 e. The lowest BCUT2D eigenvalue weighted by Crippen LogP contribution is -2.51. The molecule has 7 heteroatoms. The molecular formula is C19H27ClN4O2. The summed E-state index contributed by atoms with van der Waals surface area (Å²) in [6, 6.07) is 7.34. The van der Waals surface area contributed by atoms with E-state index in [2.05, 4.69) is 22.5 Å². The number of hydrogen-bond donors (Lipinski definition) is 2. The van der Waals surface area contributed by atoms with Gasteiger partial charge in [0, 0.05) is 43.0 Å². The molecule has 2 N–H and O–H groups in total. The van der Waals surface area contributed by atoms with Gasteiger partial charge in [-0.15, -0.1) is 0 Å². The molecule has 1 aromatic carbocycles. The summed E-state index contributed by atoms with van der Waals surface area (Å²) in [5.41, 5.74) is 0.0608. The van der Waals surface area contributed by atoms with Crippen LogP contribution in [0.1, 0.15) is 26.2 Å². The molecule has 2 fully saturated rings. The third-order valence-corrected chi connectivity index (χ3v) is 5.18. The van der Waals surface area contributed by atoms with Crippen molar-refractivity contribution in [2.75, 3.05) is 39.3 Å². The van der Waals surface area contributed by atoms with Crippen LogP contribution in [0, 0.1) is 5.41 Å². The van der Waals surface area contributed by atoms with E-state index in [1.54, 1.807) is 0 Å². The third-order valence-electron chi connectivity index (χ3n) is 4.93. The SMILES string of the molecule is CCNC(=NCCOc1ccc(Cl)cc1)N1CCCC2(CNC(=O)C2)C1. The monoisotopic (exact) mass is 378 g/mol. The molecule has 0 aromatic heterocycles. The number of rotatable bonds is 5. The summed E-state index contributed by atoms with van der Waals surface area (Å²) in [4.78, 5) is 18.7. The topological polar surface area (TPSA) is 66.0 Å². The molecule has 1 amide bonds. The molecule has 1 aromatic rings. The van der Waals surface area contributed by atoms with Crippen LogP contribution in [0.4, 0.5) is 0 Å². The van der Waals surface area contributed by atoms with Crippen molar-refractivity contribution in [1.29, 1.82) is 0 Å². The summed E-state index contributed by atoms with van der Waals surface area (Å²) in [6.07, 6.45) is 2.81. The Labute approximate surface area is 159 Å². The molecule has 2 aliphatic rings. The van der Waals surface area contributed by atoms with Gasteiger partial charge < -0.3 is 20.3 Å². The Morgan fingerprint density at radius 1 is 1.42 bits per heavy atom. The quantitative estimate of drug-likeness (QED) is 0.468. The number of benzene rings is 1. The number of nitrogens with zero attached hydrogens (tertiary/aromatic N) is 2. The zero-order chi connectivity index (χ0) is 18.4. The van der Waals surface area contributed by atoms with Gasteiger partial charge in [-0.05, 0) is 44.0 Å². The molecule has 1 spiro atoms. The molecule has 0 saturated carbocycles. The Balaban J connectivity index is 1.56. The van der Waals surface area contributed by atoms with Gasteiger partial charge in [0.15, 0.2) is 5.96 Å². The first kappa shape index (κ1) is 18.8. The van der Waals surface area contributed by atoms with E-state index in [9.17, 15) is 4.79 Å². The number of hydrogen-bond acceptors (Lipinski definition) is 3. The van der Waals surface area contributed by atoms with E-state index in [-0.39, 0.29) is 11.3 Å². The van der Waals surface area contributed by atoms with Crippen molar-refractivity contribution >= 4 is 23.5 Å². The highest BCUT2D eigenvalue weighted by atomic mass is 35.5. The lowest BCUT2D eigenvalue weighted by molar-refractivity contribution is -0.119. The van der Waals surface area contributed by atoms with Gasteiger partial charge in [0.25, 0.3) is 0 Å². The highest BCUT2D eigenvalue weighted by Crippen LogP contribution is 2.35. The molecule has 0 radical (unpaired) electrons. The van der Waals surface area contributed by atoms with Crippen molar-refractivity contribution in [3.63, 3.8) is 0 Å². The van der Waals surface area contributed by atoms with Gasteiger partial charge in [-0.3, -0.25) is 4.79 Å². The minimum atomic E-state index is 0.0608. The molecule has 1 atom stereocenters. The van der Waals surface area contributed by atoms with E-state index in [1.807, 2.05) is 24.3 Å². The number of amides is 1. The van der Waals surface area contributed by atoms with Crippen LogP contribution >= 0.6 is 11.6 Å². The average molecular weight is 379 g/mol. The highest BCUT2D eigenvalue weighted by Gasteiger charge is 2.42. The second-order valence-corrected chi connectivity index (χ2v) is 7.45. The van der Waals surface area contributed by atoms with Crippen molar-refractivity contribution in [1.82, 2.24) is 15.5 Å². The predicted octanol–water partition coefficient (Wildman–Crippen LogP) is 2.29. The molecule has 26 heavy (non-hydrogen) atoms. The maximum atomic E-state index is 11.7. The summed E-state index contributed by atoms with van der Waals surface area (Å²) < 4.78 is 5.72. The van der Waals surface area contributed by atoms with E-state index in [1.165, 1.54) is 0 Å². The molecule has 2 heterocycles.